The van der Waals surface area contributed by atoms with Crippen LogP contribution in [0.15, 0.2) is 16.6 Å². The van der Waals surface area contributed by atoms with Crippen molar-refractivity contribution in [1.82, 2.24) is 5.32 Å². The van der Waals surface area contributed by atoms with Crippen LogP contribution in [0.2, 0.25) is 0 Å². The lowest BCUT2D eigenvalue weighted by Gasteiger charge is -2.26. The lowest BCUT2D eigenvalue weighted by molar-refractivity contribution is 0.0723. The number of rotatable bonds is 4. The van der Waals surface area contributed by atoms with Crippen LogP contribution >= 0.6 is 15.9 Å². The van der Waals surface area contributed by atoms with E-state index in [1.807, 2.05) is 0 Å². The van der Waals surface area contributed by atoms with Gasteiger partial charge in [-0.2, -0.15) is 0 Å². The summed E-state index contributed by atoms with van der Waals surface area (Å²) in [5, 5.41) is 20.7. The average Bonchev–Trinajstić information content (AvgIpc) is 2.33. The van der Waals surface area contributed by atoms with Crippen LogP contribution in [0.5, 0.6) is 0 Å². The molecule has 1 aromatic rings. The largest absolute Gasteiger partial charge is 0.394 e. The maximum Gasteiger partial charge on any atom is 0.252 e. The highest BCUT2D eigenvalue weighted by Crippen LogP contribution is 2.22. The van der Waals surface area contributed by atoms with Gasteiger partial charge in [0.15, 0.2) is 0 Å². The first-order valence-electron chi connectivity index (χ1n) is 5.33. The zero-order valence-corrected chi connectivity index (χ0v) is 11.7. The number of benzene rings is 1. The number of carbonyl (C=O) groups excluding carboxylic acids is 1. The summed E-state index contributed by atoms with van der Waals surface area (Å²) in [7, 11) is 0. The Balaban J connectivity index is 3.05. The Kier molecular flexibility index (Phi) is 4.84. The topological polar surface area (TPSA) is 69.6 Å². The first kappa shape index (κ1) is 15.1. The van der Waals surface area contributed by atoms with Gasteiger partial charge in [0.05, 0.1) is 18.8 Å². The van der Waals surface area contributed by atoms with Crippen LogP contribution in [-0.4, -0.2) is 34.9 Å². The molecule has 0 unspecified atom stereocenters. The van der Waals surface area contributed by atoms with Gasteiger partial charge >= 0.3 is 0 Å². The van der Waals surface area contributed by atoms with Gasteiger partial charge in [0, 0.05) is 10.0 Å². The average molecular weight is 320 g/mol. The van der Waals surface area contributed by atoms with Gasteiger partial charge in [0.25, 0.3) is 5.91 Å². The first-order valence-corrected chi connectivity index (χ1v) is 6.12. The predicted octanol–water partition coefficient (Wildman–Crippen LogP) is 1.37. The fourth-order valence-electron chi connectivity index (χ4n) is 1.35. The highest BCUT2D eigenvalue weighted by Gasteiger charge is 2.26. The van der Waals surface area contributed by atoms with Gasteiger partial charge in [-0.15, -0.1) is 0 Å². The lowest BCUT2D eigenvalue weighted by Crippen LogP contribution is -2.51. The van der Waals surface area contributed by atoms with E-state index in [4.69, 9.17) is 10.2 Å². The number of aliphatic hydroxyl groups excluding tert-OH is 2. The molecule has 0 fully saturated rings. The molecule has 1 aromatic carbocycles. The van der Waals surface area contributed by atoms with Crippen molar-refractivity contribution in [2.45, 2.75) is 19.4 Å². The Labute approximate surface area is 113 Å². The Morgan fingerprint density at radius 3 is 2.50 bits per heavy atom. The van der Waals surface area contributed by atoms with Crippen LogP contribution in [0.25, 0.3) is 0 Å². The molecular weight excluding hydrogens is 305 g/mol. The smallest absolute Gasteiger partial charge is 0.252 e. The van der Waals surface area contributed by atoms with Crippen molar-refractivity contribution >= 4 is 21.8 Å². The Morgan fingerprint density at radius 2 is 2.00 bits per heavy atom. The molecule has 0 aliphatic carbocycles. The number of hydrogen-bond donors (Lipinski definition) is 3. The molecular formula is C12H15BrFNO3. The summed E-state index contributed by atoms with van der Waals surface area (Å²) in [4.78, 5) is 12.0. The fourth-order valence-corrected chi connectivity index (χ4v) is 1.78. The SMILES string of the molecule is Cc1c(Br)cc(F)cc1C(=O)NC(C)(CO)CO. The Morgan fingerprint density at radius 1 is 1.44 bits per heavy atom. The molecule has 0 spiro atoms. The quantitative estimate of drug-likeness (QED) is 0.785. The number of amides is 1. The van der Waals surface area contributed by atoms with E-state index in [0.29, 0.717) is 10.0 Å². The second-order valence-corrected chi connectivity index (χ2v) is 5.25. The van der Waals surface area contributed by atoms with Crippen molar-refractivity contribution in [2.24, 2.45) is 0 Å². The molecule has 6 heteroatoms. The third-order valence-corrected chi connectivity index (χ3v) is 3.49. The van der Waals surface area contributed by atoms with E-state index < -0.39 is 30.5 Å². The minimum Gasteiger partial charge on any atom is -0.394 e. The summed E-state index contributed by atoms with van der Waals surface area (Å²) >= 11 is 3.16. The van der Waals surface area contributed by atoms with Crippen LogP contribution < -0.4 is 5.32 Å². The lowest BCUT2D eigenvalue weighted by atomic mass is 10.0. The van der Waals surface area contributed by atoms with Crippen molar-refractivity contribution in [3.05, 3.63) is 33.5 Å². The van der Waals surface area contributed by atoms with Crippen LogP contribution in [-0.2, 0) is 0 Å². The van der Waals surface area contributed by atoms with Gasteiger partial charge in [0.1, 0.15) is 5.82 Å². The van der Waals surface area contributed by atoms with Crippen molar-refractivity contribution in [2.75, 3.05) is 13.2 Å². The zero-order chi connectivity index (χ0) is 13.9. The number of aliphatic hydroxyl groups is 2. The fraction of sp³-hybridized carbons (Fsp3) is 0.417. The van der Waals surface area contributed by atoms with Crippen LogP contribution in [0.4, 0.5) is 4.39 Å². The van der Waals surface area contributed by atoms with E-state index in [0.717, 1.165) is 6.07 Å². The van der Waals surface area contributed by atoms with E-state index in [1.54, 1.807) is 6.92 Å². The second kappa shape index (κ2) is 5.77. The molecule has 0 heterocycles. The van der Waals surface area contributed by atoms with Crippen molar-refractivity contribution in [3.8, 4) is 0 Å². The minimum absolute atomic E-state index is 0.162. The molecule has 0 radical (unpaired) electrons. The summed E-state index contributed by atoms with van der Waals surface area (Å²) < 4.78 is 13.7. The molecule has 3 N–H and O–H groups in total. The van der Waals surface area contributed by atoms with Gasteiger partial charge < -0.3 is 15.5 Å². The summed E-state index contributed by atoms with van der Waals surface area (Å²) in [5.41, 5.74) is -0.385. The van der Waals surface area contributed by atoms with Gasteiger partial charge in [-0.05, 0) is 31.5 Å². The molecule has 0 aromatic heterocycles. The number of halogens is 2. The molecule has 4 nitrogen and oxygen atoms in total. The summed E-state index contributed by atoms with van der Waals surface area (Å²) in [5.74, 6) is -1.08. The van der Waals surface area contributed by atoms with Crippen molar-refractivity contribution in [1.29, 1.82) is 0 Å². The second-order valence-electron chi connectivity index (χ2n) is 4.39. The molecule has 0 aliphatic rings. The van der Waals surface area contributed by atoms with Gasteiger partial charge in [-0.3, -0.25) is 4.79 Å². The maximum atomic E-state index is 13.3. The normalized spacial score (nSPS) is 11.4. The van der Waals surface area contributed by atoms with E-state index in [2.05, 4.69) is 21.2 Å². The first-order chi connectivity index (χ1) is 8.33. The molecule has 0 atom stereocenters. The van der Waals surface area contributed by atoms with Gasteiger partial charge in [0.2, 0.25) is 0 Å². The summed E-state index contributed by atoms with van der Waals surface area (Å²) in [6, 6.07) is 2.38. The Bertz CT molecular complexity index is 461. The predicted molar refractivity (Wildman–Crippen MR) is 68.9 cm³/mol. The molecule has 0 aliphatic heterocycles. The van der Waals surface area contributed by atoms with Gasteiger partial charge in [-0.25, -0.2) is 4.39 Å². The maximum absolute atomic E-state index is 13.3. The standard InChI is InChI=1S/C12H15BrFNO3/c1-7-9(3-8(14)4-10(7)13)11(18)15-12(2,5-16)6-17/h3-4,16-17H,5-6H2,1-2H3,(H,15,18). The number of carbonyl (C=O) groups is 1. The monoisotopic (exact) mass is 319 g/mol. The van der Waals surface area contributed by atoms with E-state index in [-0.39, 0.29) is 5.56 Å². The van der Waals surface area contributed by atoms with Crippen LogP contribution in [0.1, 0.15) is 22.8 Å². The van der Waals surface area contributed by atoms with E-state index in [1.165, 1.54) is 13.0 Å². The Hall–Kier alpha value is -0.980. The molecule has 0 saturated carbocycles. The number of hydrogen-bond acceptors (Lipinski definition) is 3. The zero-order valence-electron chi connectivity index (χ0n) is 10.1. The van der Waals surface area contributed by atoms with E-state index in [9.17, 15) is 9.18 Å². The summed E-state index contributed by atoms with van der Waals surface area (Å²) in [6.45, 7) is 2.35. The third kappa shape index (κ3) is 3.28. The summed E-state index contributed by atoms with van der Waals surface area (Å²) in [6.07, 6.45) is 0. The minimum atomic E-state index is -1.14. The highest BCUT2D eigenvalue weighted by atomic mass is 79.9. The van der Waals surface area contributed by atoms with Gasteiger partial charge in [-0.1, -0.05) is 15.9 Å². The van der Waals surface area contributed by atoms with Crippen LogP contribution in [0, 0.1) is 12.7 Å². The van der Waals surface area contributed by atoms with Crippen LogP contribution in [0.3, 0.4) is 0 Å². The van der Waals surface area contributed by atoms with Crippen molar-refractivity contribution < 1.29 is 19.4 Å². The highest BCUT2D eigenvalue weighted by molar-refractivity contribution is 9.10. The molecule has 0 bridgehead atoms. The molecule has 0 saturated heterocycles. The van der Waals surface area contributed by atoms with E-state index >= 15 is 0 Å². The molecule has 1 rings (SSSR count). The molecule has 1 amide bonds. The number of nitrogens with one attached hydrogen (secondary N) is 1. The third-order valence-electron chi connectivity index (χ3n) is 2.67. The molecule has 18 heavy (non-hydrogen) atoms. The van der Waals surface area contributed by atoms with Crippen molar-refractivity contribution in [3.63, 3.8) is 0 Å². The molecule has 100 valence electrons.